The monoisotopic (exact) mass is 376 g/mol. The zero-order valence-electron chi connectivity index (χ0n) is 13.1. The minimum Gasteiger partial charge on any atom is -0.453 e. The Bertz CT molecular complexity index is 804. The lowest BCUT2D eigenvalue weighted by molar-refractivity contribution is -0.122. The molecule has 2 aliphatic rings. The Morgan fingerprint density at radius 3 is 2.68 bits per heavy atom. The molecule has 6 nitrogen and oxygen atoms in total. The molecule has 1 aromatic carbocycles. The van der Waals surface area contributed by atoms with Gasteiger partial charge >= 0.3 is 0 Å². The Morgan fingerprint density at radius 2 is 1.88 bits per heavy atom. The van der Waals surface area contributed by atoms with Crippen molar-refractivity contribution in [2.45, 2.75) is 22.6 Å². The third-order valence-corrected chi connectivity index (χ3v) is 6.83. The molecule has 0 radical (unpaired) electrons. The normalized spacial score (nSPS) is 29.1. The van der Waals surface area contributed by atoms with Crippen LogP contribution >= 0.6 is 23.5 Å². The van der Waals surface area contributed by atoms with E-state index in [9.17, 15) is 14.4 Å². The molecule has 2 aromatic rings. The quantitative estimate of drug-likeness (QED) is 0.599. The van der Waals surface area contributed by atoms with Crippen molar-refractivity contribution in [2.75, 3.05) is 11.8 Å². The van der Waals surface area contributed by atoms with E-state index in [-0.39, 0.29) is 17.3 Å². The van der Waals surface area contributed by atoms with Crippen molar-refractivity contribution in [3.8, 4) is 0 Å². The maximum Gasteiger partial charge on any atom is 0.213 e. The minimum absolute atomic E-state index is 0.105. The van der Waals surface area contributed by atoms with Crippen molar-refractivity contribution in [3.63, 3.8) is 0 Å². The van der Waals surface area contributed by atoms with Crippen LogP contribution in [0, 0.1) is 0 Å². The van der Waals surface area contributed by atoms with Gasteiger partial charge in [0.1, 0.15) is 11.9 Å². The Morgan fingerprint density at radius 1 is 1.12 bits per heavy atom. The first-order valence-electron chi connectivity index (χ1n) is 7.91. The van der Waals surface area contributed by atoms with E-state index in [1.54, 1.807) is 6.07 Å². The minimum atomic E-state index is -0.606. The lowest BCUT2D eigenvalue weighted by atomic mass is 9.99. The molecular formula is C17H16N2O4S2. The second-order valence-electron chi connectivity index (χ2n) is 5.93. The summed E-state index contributed by atoms with van der Waals surface area (Å²) in [5, 5.41) is 5.96. The number of carbonyl (C=O) groups excluding carboxylic acids is 3. The Hall–Kier alpha value is -1.61. The SMILES string of the molecule is O=C[C@H]1NCSC1C(=O)[C@H]1NCSC1C(=O)c1cc2ccccc2o1. The fourth-order valence-electron chi connectivity index (χ4n) is 3.15. The molecular weight excluding hydrogens is 360 g/mol. The zero-order chi connectivity index (χ0) is 17.4. The van der Waals surface area contributed by atoms with Gasteiger partial charge in [-0.3, -0.25) is 20.2 Å². The van der Waals surface area contributed by atoms with Gasteiger partial charge in [-0.2, -0.15) is 0 Å². The van der Waals surface area contributed by atoms with E-state index in [0.717, 1.165) is 11.7 Å². The summed E-state index contributed by atoms with van der Waals surface area (Å²) in [6.45, 7) is 0. The standard InChI is InChI=1S/C17H16N2O4S2/c20-6-10-16(24-7-18-10)15(22)13-17(25-8-19-13)14(21)12-5-9-3-1-2-4-11(9)23-12/h1-6,10,13,16-19H,7-8H2/t10-,13-,16?,17?/m1/s1. The summed E-state index contributed by atoms with van der Waals surface area (Å²) in [6, 6.07) is 8.05. The molecule has 8 heteroatoms. The van der Waals surface area contributed by atoms with Crippen LogP contribution in [0.2, 0.25) is 0 Å². The zero-order valence-corrected chi connectivity index (χ0v) is 14.8. The number of para-hydroxylation sites is 1. The number of furan rings is 1. The number of nitrogens with one attached hydrogen (secondary N) is 2. The van der Waals surface area contributed by atoms with Crippen LogP contribution in [0.3, 0.4) is 0 Å². The maximum absolute atomic E-state index is 12.9. The number of carbonyl (C=O) groups is 3. The second-order valence-corrected chi connectivity index (χ2v) is 8.19. The summed E-state index contributed by atoms with van der Waals surface area (Å²) < 4.78 is 5.66. The largest absolute Gasteiger partial charge is 0.453 e. The number of Topliss-reactive ketones (excluding diaryl/α,β-unsaturated/α-hetero) is 2. The predicted molar refractivity (Wildman–Crippen MR) is 98.0 cm³/mol. The van der Waals surface area contributed by atoms with Gasteiger partial charge in [-0.15, -0.1) is 23.5 Å². The van der Waals surface area contributed by atoms with Gasteiger partial charge in [0, 0.05) is 17.1 Å². The summed E-state index contributed by atoms with van der Waals surface area (Å²) in [5.41, 5.74) is 0.654. The smallest absolute Gasteiger partial charge is 0.213 e. The third kappa shape index (κ3) is 3.03. The fourth-order valence-corrected chi connectivity index (χ4v) is 5.44. The third-order valence-electron chi connectivity index (χ3n) is 4.44. The summed E-state index contributed by atoms with van der Waals surface area (Å²) in [7, 11) is 0. The maximum atomic E-state index is 12.9. The van der Waals surface area contributed by atoms with E-state index in [1.807, 2.05) is 24.3 Å². The molecule has 2 N–H and O–H groups in total. The number of rotatable bonds is 5. The highest BCUT2D eigenvalue weighted by molar-refractivity contribution is 8.01. The summed E-state index contributed by atoms with van der Waals surface area (Å²) >= 11 is 2.81. The molecule has 25 heavy (non-hydrogen) atoms. The van der Waals surface area contributed by atoms with E-state index in [1.165, 1.54) is 23.5 Å². The molecule has 1 aromatic heterocycles. The Balaban J connectivity index is 1.57. The molecule has 0 aliphatic carbocycles. The molecule has 4 atom stereocenters. The molecule has 2 saturated heterocycles. The predicted octanol–water partition coefficient (Wildman–Crippen LogP) is 1.45. The van der Waals surface area contributed by atoms with Gasteiger partial charge in [0.2, 0.25) is 5.78 Å². The average molecular weight is 376 g/mol. The number of hydrogen-bond donors (Lipinski definition) is 2. The Labute approximate surface area is 152 Å². The lowest BCUT2D eigenvalue weighted by Gasteiger charge is -2.20. The second kappa shape index (κ2) is 6.95. The van der Waals surface area contributed by atoms with Gasteiger partial charge in [-0.1, -0.05) is 18.2 Å². The highest BCUT2D eigenvalue weighted by Crippen LogP contribution is 2.31. The van der Waals surface area contributed by atoms with Crippen LogP contribution < -0.4 is 10.6 Å². The van der Waals surface area contributed by atoms with E-state index < -0.39 is 22.6 Å². The highest BCUT2D eigenvalue weighted by atomic mass is 32.2. The molecule has 0 bridgehead atoms. The van der Waals surface area contributed by atoms with Crippen LogP contribution in [0.1, 0.15) is 10.6 Å². The van der Waals surface area contributed by atoms with Crippen LogP contribution in [0.25, 0.3) is 11.0 Å². The van der Waals surface area contributed by atoms with E-state index in [2.05, 4.69) is 10.6 Å². The highest BCUT2D eigenvalue weighted by Gasteiger charge is 2.45. The first-order valence-corrected chi connectivity index (χ1v) is 10.0. The molecule has 0 spiro atoms. The number of hydrogen-bond acceptors (Lipinski definition) is 8. The molecule has 2 unspecified atom stereocenters. The molecule has 3 heterocycles. The van der Waals surface area contributed by atoms with Gasteiger partial charge in [0.05, 0.1) is 22.6 Å². The number of thioether (sulfide) groups is 2. The van der Waals surface area contributed by atoms with Gasteiger partial charge in [0.25, 0.3) is 0 Å². The first kappa shape index (κ1) is 16.8. The van der Waals surface area contributed by atoms with E-state index in [4.69, 9.17) is 4.42 Å². The molecule has 0 saturated carbocycles. The Kier molecular flexibility index (Phi) is 4.68. The number of fused-ring (bicyclic) bond motifs is 1. The van der Waals surface area contributed by atoms with Crippen LogP contribution in [0.15, 0.2) is 34.7 Å². The van der Waals surface area contributed by atoms with E-state index >= 15 is 0 Å². The van der Waals surface area contributed by atoms with Crippen LogP contribution in [-0.4, -0.2) is 52.2 Å². The van der Waals surface area contributed by atoms with Gasteiger partial charge in [-0.25, -0.2) is 0 Å². The van der Waals surface area contributed by atoms with Crippen LogP contribution in [-0.2, 0) is 9.59 Å². The van der Waals surface area contributed by atoms with Crippen molar-refractivity contribution in [1.29, 1.82) is 0 Å². The van der Waals surface area contributed by atoms with Crippen molar-refractivity contribution in [1.82, 2.24) is 10.6 Å². The summed E-state index contributed by atoms with van der Waals surface area (Å²) in [4.78, 5) is 36.9. The number of benzene rings is 1. The fraction of sp³-hybridized carbons (Fsp3) is 0.353. The number of ketones is 2. The van der Waals surface area contributed by atoms with E-state index in [0.29, 0.717) is 17.3 Å². The summed E-state index contributed by atoms with van der Waals surface area (Å²) in [6.07, 6.45) is 0.765. The van der Waals surface area contributed by atoms with Crippen molar-refractivity contribution in [2.24, 2.45) is 0 Å². The molecule has 0 amide bonds. The molecule has 2 aliphatic heterocycles. The summed E-state index contributed by atoms with van der Waals surface area (Å²) in [5.74, 6) is 1.05. The van der Waals surface area contributed by atoms with Crippen molar-refractivity contribution in [3.05, 3.63) is 36.1 Å². The topological polar surface area (TPSA) is 88.4 Å². The van der Waals surface area contributed by atoms with Crippen molar-refractivity contribution < 1.29 is 18.8 Å². The van der Waals surface area contributed by atoms with Crippen LogP contribution in [0.4, 0.5) is 0 Å². The molecule has 2 fully saturated rings. The van der Waals surface area contributed by atoms with Crippen molar-refractivity contribution >= 4 is 52.3 Å². The van der Waals surface area contributed by atoms with Gasteiger partial charge in [0.15, 0.2) is 11.5 Å². The molecule has 4 rings (SSSR count). The average Bonchev–Trinajstić information content (AvgIpc) is 3.38. The van der Waals surface area contributed by atoms with Gasteiger partial charge < -0.3 is 9.21 Å². The first-order chi connectivity index (χ1) is 12.2. The number of aldehydes is 1. The van der Waals surface area contributed by atoms with Gasteiger partial charge in [-0.05, 0) is 12.1 Å². The molecule has 130 valence electrons. The van der Waals surface area contributed by atoms with Crippen LogP contribution in [0.5, 0.6) is 0 Å². The lowest BCUT2D eigenvalue weighted by Crippen LogP contribution is -2.49.